The van der Waals surface area contributed by atoms with Crippen LogP contribution in [0, 0.1) is 13.8 Å². The van der Waals surface area contributed by atoms with E-state index in [1.54, 1.807) is 0 Å². The van der Waals surface area contributed by atoms with Crippen LogP contribution in [0.15, 0.2) is 73.0 Å². The second kappa shape index (κ2) is 21.0. The second-order valence-corrected chi connectivity index (χ2v) is 5.01. The van der Waals surface area contributed by atoms with Gasteiger partial charge < -0.3 is 5.32 Å². The summed E-state index contributed by atoms with van der Waals surface area (Å²) in [5.41, 5.74) is 4.95. The van der Waals surface area contributed by atoms with Gasteiger partial charge in [0, 0.05) is 7.05 Å². The quantitative estimate of drug-likeness (QED) is 0.578. The number of rotatable bonds is 4. The molecule has 0 spiro atoms. The summed E-state index contributed by atoms with van der Waals surface area (Å²) < 4.78 is 0. The van der Waals surface area contributed by atoms with E-state index in [0.29, 0.717) is 0 Å². The molecule has 1 N–H and O–H groups in total. The van der Waals surface area contributed by atoms with Gasteiger partial charge in [-0.25, -0.2) is 0 Å². The number of benzene rings is 1. The molecule has 136 valence electrons. The Balaban J connectivity index is -0.000000271. The Labute approximate surface area is 151 Å². The lowest BCUT2D eigenvalue weighted by Crippen LogP contribution is -1.98. The van der Waals surface area contributed by atoms with Crippen LogP contribution in [0.5, 0.6) is 0 Å². The van der Waals surface area contributed by atoms with Gasteiger partial charge in [0.2, 0.25) is 0 Å². The Kier molecular flexibility index (Phi) is 23.5. The second-order valence-electron chi connectivity index (χ2n) is 5.01. The molecule has 1 nitrogen and oxygen atoms in total. The molecule has 0 fully saturated rings. The molecule has 24 heavy (non-hydrogen) atoms. The topological polar surface area (TPSA) is 12.0 Å². The number of hydrogen-bond acceptors (Lipinski definition) is 1. The van der Waals surface area contributed by atoms with Gasteiger partial charge in [-0.1, -0.05) is 93.6 Å². The van der Waals surface area contributed by atoms with E-state index in [-0.39, 0.29) is 0 Å². The summed E-state index contributed by atoms with van der Waals surface area (Å²) in [5, 5.41) is 2.83. The van der Waals surface area contributed by atoms with E-state index in [4.69, 9.17) is 0 Å². The Hall–Kier alpha value is -2.02. The first-order valence-electron chi connectivity index (χ1n) is 8.72. The van der Waals surface area contributed by atoms with E-state index in [1.165, 1.54) is 16.7 Å². The van der Waals surface area contributed by atoms with Crippen molar-refractivity contribution < 1.29 is 0 Å². The fraction of sp³-hybridized carbons (Fsp3) is 0.391. The summed E-state index contributed by atoms with van der Waals surface area (Å²) in [6.45, 7) is 21.5. The van der Waals surface area contributed by atoms with E-state index in [1.807, 2.05) is 53.0 Å². The third-order valence-corrected chi connectivity index (χ3v) is 2.82. The summed E-state index contributed by atoms with van der Waals surface area (Å²) in [6, 6.07) is 8.48. The van der Waals surface area contributed by atoms with Crippen LogP contribution in [0.3, 0.4) is 0 Å². The van der Waals surface area contributed by atoms with E-state index >= 15 is 0 Å². The summed E-state index contributed by atoms with van der Waals surface area (Å²) in [7, 11) is 1.85. The highest BCUT2D eigenvalue weighted by Gasteiger charge is 1.80. The highest BCUT2D eigenvalue weighted by Crippen LogP contribution is 2.00. The molecular weight excluding hydrogens is 290 g/mol. The fourth-order valence-corrected chi connectivity index (χ4v) is 1.19. The molecular formula is C23H39N. The van der Waals surface area contributed by atoms with Gasteiger partial charge in [0.1, 0.15) is 0 Å². The van der Waals surface area contributed by atoms with Gasteiger partial charge in [-0.05, 0) is 45.4 Å². The molecule has 0 aliphatic rings. The van der Waals surface area contributed by atoms with Crippen molar-refractivity contribution in [2.24, 2.45) is 0 Å². The first-order valence-corrected chi connectivity index (χ1v) is 8.72. The van der Waals surface area contributed by atoms with E-state index in [2.05, 4.69) is 69.6 Å². The Morgan fingerprint density at radius 2 is 1.46 bits per heavy atom. The fourth-order valence-electron chi connectivity index (χ4n) is 1.19. The monoisotopic (exact) mass is 329 g/mol. The van der Waals surface area contributed by atoms with Gasteiger partial charge >= 0.3 is 0 Å². The maximum absolute atomic E-state index is 3.68. The molecule has 0 aliphatic heterocycles. The van der Waals surface area contributed by atoms with Crippen LogP contribution >= 0.6 is 0 Å². The largest absolute Gasteiger partial charge is 0.392 e. The maximum Gasteiger partial charge on any atom is 0.00299 e. The molecule has 1 aromatic rings. The van der Waals surface area contributed by atoms with E-state index in [9.17, 15) is 0 Å². The number of nitrogens with one attached hydrogen (secondary N) is 1. The minimum absolute atomic E-state index is 1.00. The average molecular weight is 330 g/mol. The van der Waals surface area contributed by atoms with Gasteiger partial charge in [-0.15, -0.1) is 0 Å². The van der Waals surface area contributed by atoms with Crippen LogP contribution in [-0.2, 0) is 0 Å². The molecule has 1 aromatic carbocycles. The standard InChI is InChI=1S/C9H14.C8H10.C4H9N.C2H6/c1-4-7-8-9(5-2)6-3;1-7-3-5-8(2)6-4-7;1-4(2)5-3;1-2/h4-5,7-8H,2,6H2,1,3H3;3-6H,1-2H3;5H,1H2,2-3H3;1-2H3/b7-4-,9-8+;;;. The molecule has 1 rings (SSSR count). The zero-order valence-electron chi connectivity index (χ0n) is 17.2. The summed E-state index contributed by atoms with van der Waals surface area (Å²) >= 11 is 0. The van der Waals surface area contributed by atoms with Crippen molar-refractivity contribution in [1.82, 2.24) is 5.32 Å². The van der Waals surface area contributed by atoms with Crippen molar-refractivity contribution in [3.05, 3.63) is 84.1 Å². The van der Waals surface area contributed by atoms with Crippen LogP contribution in [0.1, 0.15) is 52.2 Å². The molecule has 0 atom stereocenters. The highest BCUT2D eigenvalue weighted by molar-refractivity contribution is 5.21. The third-order valence-electron chi connectivity index (χ3n) is 2.82. The van der Waals surface area contributed by atoms with Crippen molar-refractivity contribution >= 4 is 0 Å². The average Bonchev–Trinajstić information content (AvgIpc) is 2.61. The third kappa shape index (κ3) is 22.3. The highest BCUT2D eigenvalue weighted by atomic mass is 14.8. The maximum atomic E-state index is 3.68. The molecule has 0 unspecified atom stereocenters. The van der Waals surface area contributed by atoms with Crippen molar-refractivity contribution in [3.8, 4) is 0 Å². The van der Waals surface area contributed by atoms with Crippen LogP contribution < -0.4 is 5.32 Å². The zero-order valence-corrected chi connectivity index (χ0v) is 17.2. The Morgan fingerprint density at radius 1 is 1.08 bits per heavy atom. The lowest BCUT2D eigenvalue weighted by Gasteiger charge is -1.90. The molecule has 0 heterocycles. The van der Waals surface area contributed by atoms with Gasteiger partial charge in [0.05, 0.1) is 0 Å². The lowest BCUT2D eigenvalue weighted by atomic mass is 10.2. The number of hydrogen-bond donors (Lipinski definition) is 1. The first-order chi connectivity index (χ1) is 11.4. The summed E-state index contributed by atoms with van der Waals surface area (Å²) in [6.07, 6.45) is 9.07. The van der Waals surface area contributed by atoms with Crippen LogP contribution in [0.25, 0.3) is 0 Å². The van der Waals surface area contributed by atoms with Crippen molar-refractivity contribution in [2.45, 2.75) is 54.9 Å². The molecule has 0 radical (unpaired) electrons. The molecule has 0 saturated carbocycles. The SMILES string of the molecule is C=C(C)NC.C=C/C(=C\C=C/C)CC.CC.Cc1ccc(C)cc1. The van der Waals surface area contributed by atoms with Crippen molar-refractivity contribution in [2.75, 3.05) is 7.05 Å². The minimum Gasteiger partial charge on any atom is -0.392 e. The Morgan fingerprint density at radius 3 is 1.67 bits per heavy atom. The van der Waals surface area contributed by atoms with Gasteiger partial charge in [0.15, 0.2) is 0 Å². The Bertz CT molecular complexity index is 440. The smallest absolute Gasteiger partial charge is 0.00299 e. The van der Waals surface area contributed by atoms with Crippen molar-refractivity contribution in [1.29, 1.82) is 0 Å². The summed E-state index contributed by atoms with van der Waals surface area (Å²) in [4.78, 5) is 0. The van der Waals surface area contributed by atoms with Gasteiger partial charge in [-0.3, -0.25) is 0 Å². The van der Waals surface area contributed by atoms with Crippen LogP contribution in [0.4, 0.5) is 0 Å². The normalized spacial score (nSPS) is 9.42. The van der Waals surface area contributed by atoms with Crippen LogP contribution in [0.2, 0.25) is 0 Å². The molecule has 0 aromatic heterocycles. The molecule has 0 amide bonds. The predicted molar refractivity (Wildman–Crippen MR) is 115 cm³/mol. The predicted octanol–water partition coefficient (Wildman–Crippen LogP) is 7.15. The molecule has 0 aliphatic carbocycles. The number of aryl methyl sites for hydroxylation is 2. The zero-order chi connectivity index (χ0) is 19.4. The van der Waals surface area contributed by atoms with Crippen LogP contribution in [-0.4, -0.2) is 7.05 Å². The molecule has 0 saturated heterocycles. The van der Waals surface area contributed by atoms with Gasteiger partial charge in [-0.2, -0.15) is 0 Å². The lowest BCUT2D eigenvalue weighted by molar-refractivity contribution is 0.999. The first kappa shape index (κ1) is 26.9. The number of allylic oxidation sites excluding steroid dienone is 6. The molecule has 1 heteroatoms. The molecule has 0 bridgehead atoms. The van der Waals surface area contributed by atoms with Crippen molar-refractivity contribution in [3.63, 3.8) is 0 Å². The van der Waals surface area contributed by atoms with E-state index < -0.39 is 0 Å². The summed E-state index contributed by atoms with van der Waals surface area (Å²) in [5.74, 6) is 0. The minimum atomic E-state index is 1.00. The van der Waals surface area contributed by atoms with E-state index in [0.717, 1.165) is 12.1 Å². The van der Waals surface area contributed by atoms with Gasteiger partial charge in [0.25, 0.3) is 0 Å².